The molecule has 0 radical (unpaired) electrons. The topological polar surface area (TPSA) is 108 Å². The maximum atomic E-state index is 12.9. The molecule has 0 spiro atoms. The van der Waals surface area contributed by atoms with E-state index in [9.17, 15) is 14.4 Å². The van der Waals surface area contributed by atoms with Crippen molar-refractivity contribution in [1.29, 1.82) is 0 Å². The Balaban J connectivity index is 1.59. The monoisotopic (exact) mass is 489 g/mol. The molecule has 4 rings (SSSR count). The second-order valence-corrected chi connectivity index (χ2v) is 9.73. The zero-order valence-electron chi connectivity index (χ0n) is 20.9. The Morgan fingerprint density at radius 3 is 2.50 bits per heavy atom. The maximum absolute atomic E-state index is 12.9. The molecule has 0 unspecified atom stereocenters. The first-order valence-electron chi connectivity index (χ1n) is 12.1. The van der Waals surface area contributed by atoms with Crippen LogP contribution in [0.15, 0.2) is 65.1 Å². The van der Waals surface area contributed by atoms with E-state index < -0.39 is 11.6 Å². The van der Waals surface area contributed by atoms with Gasteiger partial charge in [-0.05, 0) is 76.3 Å². The molecule has 0 bridgehead atoms. The molecule has 1 amide bonds. The number of para-hydroxylation sites is 1. The molecule has 9 nitrogen and oxygen atoms in total. The van der Waals surface area contributed by atoms with Gasteiger partial charge in [-0.3, -0.25) is 14.4 Å². The van der Waals surface area contributed by atoms with Crippen LogP contribution in [0.3, 0.4) is 0 Å². The smallest absolute Gasteiger partial charge is 0.325 e. The fourth-order valence-corrected chi connectivity index (χ4v) is 4.22. The van der Waals surface area contributed by atoms with Gasteiger partial charge in [0.25, 0.3) is 5.56 Å². The van der Waals surface area contributed by atoms with Crippen LogP contribution in [-0.4, -0.2) is 43.6 Å². The zero-order chi connectivity index (χ0) is 25.7. The van der Waals surface area contributed by atoms with Crippen LogP contribution in [0, 0.1) is 0 Å². The zero-order valence-corrected chi connectivity index (χ0v) is 20.9. The largest absolute Gasteiger partial charge is 0.459 e. The number of aromatic nitrogens is 4. The van der Waals surface area contributed by atoms with Crippen molar-refractivity contribution in [2.75, 3.05) is 6.54 Å². The van der Waals surface area contributed by atoms with E-state index in [1.807, 2.05) is 36.4 Å². The summed E-state index contributed by atoms with van der Waals surface area (Å²) in [6.45, 7) is 5.13. The second-order valence-electron chi connectivity index (χ2n) is 9.73. The average molecular weight is 490 g/mol. The lowest BCUT2D eigenvalue weighted by atomic mass is 9.93. The van der Waals surface area contributed by atoms with Gasteiger partial charge in [-0.15, -0.1) is 0 Å². The second kappa shape index (κ2) is 10.7. The molecule has 0 aliphatic heterocycles. The number of carbonyl (C=O) groups is 2. The number of allylic oxidation sites excluding steroid dienone is 1. The fourth-order valence-electron chi connectivity index (χ4n) is 4.22. The van der Waals surface area contributed by atoms with Crippen LogP contribution < -0.4 is 10.9 Å². The molecule has 9 heteroatoms. The number of amides is 1. The number of nitrogens with one attached hydrogen (secondary N) is 1. The number of hydrogen-bond donors (Lipinski definition) is 1. The molecule has 1 aliphatic rings. The number of rotatable bonds is 7. The number of esters is 1. The van der Waals surface area contributed by atoms with Crippen molar-refractivity contribution in [3.63, 3.8) is 0 Å². The summed E-state index contributed by atoms with van der Waals surface area (Å²) in [4.78, 5) is 37.4. The number of ether oxygens (including phenoxy) is 1. The van der Waals surface area contributed by atoms with Gasteiger partial charge in [0.1, 0.15) is 17.8 Å². The standard InChI is InChI=1S/C27H31N5O4/c1-27(2,3)36-26(35)18-28-24(33)17-19-9-7-8-12-22(19)32-25(34)14-13-21(30-32)23-15-16-29-31(23)20-10-5-4-6-11-20/h4-6,10-11,13-16H,7-9,12,17-18H2,1-3H3,(H,28,33). The highest BCUT2D eigenvalue weighted by Crippen LogP contribution is 2.30. The number of hydrogen-bond acceptors (Lipinski definition) is 6. The summed E-state index contributed by atoms with van der Waals surface area (Å²) in [6.07, 6.45) is 4.95. The summed E-state index contributed by atoms with van der Waals surface area (Å²) in [7, 11) is 0. The minimum Gasteiger partial charge on any atom is -0.459 e. The third-order valence-electron chi connectivity index (χ3n) is 5.74. The first-order valence-corrected chi connectivity index (χ1v) is 12.1. The molecule has 0 saturated carbocycles. The molecule has 1 aliphatic carbocycles. The van der Waals surface area contributed by atoms with Crippen LogP contribution >= 0.6 is 0 Å². The lowest BCUT2D eigenvalue weighted by molar-refractivity contribution is -0.154. The summed E-state index contributed by atoms with van der Waals surface area (Å²) in [5.41, 5.74) is 2.96. The van der Waals surface area contributed by atoms with E-state index >= 15 is 0 Å². The van der Waals surface area contributed by atoms with Gasteiger partial charge in [0.15, 0.2) is 0 Å². The molecule has 0 saturated heterocycles. The molecule has 1 aromatic carbocycles. The predicted molar refractivity (Wildman–Crippen MR) is 136 cm³/mol. The predicted octanol–water partition coefficient (Wildman–Crippen LogP) is 3.73. The van der Waals surface area contributed by atoms with Crippen LogP contribution in [0.5, 0.6) is 0 Å². The Bertz CT molecular complexity index is 1330. The third-order valence-corrected chi connectivity index (χ3v) is 5.74. The average Bonchev–Trinajstić information content (AvgIpc) is 3.33. The summed E-state index contributed by atoms with van der Waals surface area (Å²) < 4.78 is 8.43. The van der Waals surface area contributed by atoms with E-state index in [4.69, 9.17) is 4.74 Å². The normalized spacial score (nSPS) is 14.0. The van der Waals surface area contributed by atoms with E-state index in [1.165, 1.54) is 10.7 Å². The Hall–Kier alpha value is -4.01. The lowest BCUT2D eigenvalue weighted by Gasteiger charge is -2.22. The van der Waals surface area contributed by atoms with Crippen molar-refractivity contribution in [3.8, 4) is 17.1 Å². The molecule has 2 heterocycles. The third kappa shape index (κ3) is 6.16. The number of benzene rings is 1. The van der Waals surface area contributed by atoms with Gasteiger partial charge in [-0.25, -0.2) is 9.36 Å². The van der Waals surface area contributed by atoms with Crippen molar-refractivity contribution < 1.29 is 14.3 Å². The maximum Gasteiger partial charge on any atom is 0.325 e. The Morgan fingerprint density at radius 1 is 1.00 bits per heavy atom. The molecule has 2 aromatic heterocycles. The van der Waals surface area contributed by atoms with Crippen molar-refractivity contribution >= 4 is 17.6 Å². The number of nitrogens with zero attached hydrogens (tertiary/aromatic N) is 4. The molecule has 0 fully saturated rings. The highest BCUT2D eigenvalue weighted by Gasteiger charge is 2.21. The van der Waals surface area contributed by atoms with Gasteiger partial charge in [0, 0.05) is 18.2 Å². The lowest BCUT2D eigenvalue weighted by Crippen LogP contribution is -2.35. The van der Waals surface area contributed by atoms with Crippen LogP contribution in [-0.2, 0) is 14.3 Å². The van der Waals surface area contributed by atoms with Crippen molar-refractivity contribution in [3.05, 3.63) is 70.7 Å². The van der Waals surface area contributed by atoms with Gasteiger partial charge >= 0.3 is 5.97 Å². The van der Waals surface area contributed by atoms with E-state index in [0.717, 1.165) is 35.5 Å². The van der Waals surface area contributed by atoms with E-state index in [0.29, 0.717) is 18.5 Å². The van der Waals surface area contributed by atoms with Gasteiger partial charge in [-0.2, -0.15) is 10.2 Å². The Labute approximate surface area is 209 Å². The van der Waals surface area contributed by atoms with Crippen LogP contribution in [0.4, 0.5) is 0 Å². The van der Waals surface area contributed by atoms with Crippen LogP contribution in [0.1, 0.15) is 52.9 Å². The quantitative estimate of drug-likeness (QED) is 0.507. The molecule has 188 valence electrons. The molecule has 0 atom stereocenters. The summed E-state index contributed by atoms with van der Waals surface area (Å²) >= 11 is 0. The molecule has 36 heavy (non-hydrogen) atoms. The van der Waals surface area contributed by atoms with Crippen LogP contribution in [0.25, 0.3) is 22.8 Å². The fraction of sp³-hybridized carbons (Fsp3) is 0.370. The Kier molecular flexibility index (Phi) is 7.47. The minimum atomic E-state index is -0.616. The van der Waals surface area contributed by atoms with Gasteiger partial charge in [0.2, 0.25) is 5.91 Å². The molecular weight excluding hydrogens is 458 g/mol. The van der Waals surface area contributed by atoms with Gasteiger partial charge in [0.05, 0.1) is 17.6 Å². The SMILES string of the molecule is CC(C)(C)OC(=O)CNC(=O)CC1=C(n2nc(-c3ccnn3-c3ccccc3)ccc2=O)CCCC1. The highest BCUT2D eigenvalue weighted by atomic mass is 16.6. The van der Waals surface area contributed by atoms with Gasteiger partial charge < -0.3 is 10.1 Å². The highest BCUT2D eigenvalue weighted by molar-refractivity contribution is 5.84. The first-order chi connectivity index (χ1) is 17.2. The summed E-state index contributed by atoms with van der Waals surface area (Å²) in [5.74, 6) is -0.782. The number of carbonyl (C=O) groups excluding carboxylic acids is 2. The Morgan fingerprint density at radius 2 is 1.75 bits per heavy atom. The minimum absolute atomic E-state index is 0.0957. The van der Waals surface area contributed by atoms with Crippen molar-refractivity contribution in [1.82, 2.24) is 24.9 Å². The van der Waals surface area contributed by atoms with Crippen molar-refractivity contribution in [2.24, 2.45) is 0 Å². The molecular formula is C27H31N5O4. The van der Waals surface area contributed by atoms with Crippen LogP contribution in [0.2, 0.25) is 0 Å². The molecule has 3 aromatic rings. The van der Waals surface area contributed by atoms with Crippen molar-refractivity contribution in [2.45, 2.75) is 58.5 Å². The summed E-state index contributed by atoms with van der Waals surface area (Å²) in [5, 5.41) is 11.7. The van der Waals surface area contributed by atoms with E-state index in [-0.39, 0.29) is 24.4 Å². The first kappa shape index (κ1) is 25.1. The van der Waals surface area contributed by atoms with E-state index in [2.05, 4.69) is 15.5 Å². The van der Waals surface area contributed by atoms with Gasteiger partial charge in [-0.1, -0.05) is 18.2 Å². The van der Waals surface area contributed by atoms with E-state index in [1.54, 1.807) is 37.7 Å². The summed E-state index contributed by atoms with van der Waals surface area (Å²) in [6, 6.07) is 14.7. The molecule has 1 N–H and O–H groups in total.